The number of thiazole rings is 1. The number of nitrogens with two attached hydrogens (primary N) is 1. The average Bonchev–Trinajstić information content (AvgIpc) is 2.61. The highest BCUT2D eigenvalue weighted by Crippen LogP contribution is 2.29. The number of hydrogen-bond donors (Lipinski definition) is 1. The van der Waals surface area contributed by atoms with Crippen molar-refractivity contribution in [2.24, 2.45) is 5.73 Å². The van der Waals surface area contributed by atoms with Crippen molar-refractivity contribution in [2.45, 2.75) is 13.3 Å². The second-order valence-electron chi connectivity index (χ2n) is 3.30. The second kappa shape index (κ2) is 4.51. The van der Waals surface area contributed by atoms with Crippen molar-refractivity contribution < 1.29 is 0 Å². The lowest BCUT2D eigenvalue weighted by atomic mass is 10.2. The molecule has 0 unspecified atom stereocenters. The van der Waals surface area contributed by atoms with Crippen LogP contribution in [0.5, 0.6) is 0 Å². The number of rotatable bonds is 3. The van der Waals surface area contributed by atoms with E-state index >= 15 is 0 Å². The van der Waals surface area contributed by atoms with Crippen LogP contribution < -0.4 is 5.73 Å². The summed E-state index contributed by atoms with van der Waals surface area (Å²) >= 11 is 1.71. The molecule has 2 N–H and O–H groups in total. The van der Waals surface area contributed by atoms with Gasteiger partial charge in [0.05, 0.1) is 15.6 Å². The van der Waals surface area contributed by atoms with Crippen LogP contribution in [0.1, 0.15) is 10.7 Å². The average molecular weight is 219 g/mol. The Balaban J connectivity index is 2.36. The summed E-state index contributed by atoms with van der Waals surface area (Å²) in [7, 11) is 0. The van der Waals surface area contributed by atoms with Crippen LogP contribution in [0.25, 0.3) is 10.4 Å². The zero-order valence-electron chi connectivity index (χ0n) is 8.60. The van der Waals surface area contributed by atoms with Gasteiger partial charge < -0.3 is 5.73 Å². The maximum Gasteiger partial charge on any atom is 0.0947 e. The van der Waals surface area contributed by atoms with E-state index < -0.39 is 0 Å². The van der Waals surface area contributed by atoms with Gasteiger partial charge in [0, 0.05) is 24.4 Å². The van der Waals surface area contributed by atoms with Crippen LogP contribution >= 0.6 is 11.3 Å². The first-order valence-corrected chi connectivity index (χ1v) is 5.69. The summed E-state index contributed by atoms with van der Waals surface area (Å²) in [6.45, 7) is 2.68. The molecule has 0 atom stereocenters. The van der Waals surface area contributed by atoms with E-state index in [4.69, 9.17) is 5.73 Å². The fraction of sp³-hybridized carbons (Fsp3) is 0.273. The van der Waals surface area contributed by atoms with Crippen molar-refractivity contribution >= 4 is 11.3 Å². The smallest absolute Gasteiger partial charge is 0.0947 e. The normalized spacial score (nSPS) is 10.5. The molecule has 15 heavy (non-hydrogen) atoms. The molecule has 0 aromatic carbocycles. The molecular weight excluding hydrogens is 206 g/mol. The third-order valence-corrected chi connectivity index (χ3v) is 3.39. The highest BCUT2D eigenvalue weighted by atomic mass is 32.1. The van der Waals surface area contributed by atoms with Crippen LogP contribution in [-0.2, 0) is 6.42 Å². The Morgan fingerprint density at radius 2 is 2.33 bits per heavy atom. The standard InChI is InChI=1S/C11H13N3S/c1-8-11(9-3-2-6-13-7-9)15-10(14-8)4-5-12/h2-3,6-7H,4-5,12H2,1H3. The van der Waals surface area contributed by atoms with Gasteiger partial charge in [-0.2, -0.15) is 0 Å². The van der Waals surface area contributed by atoms with Gasteiger partial charge >= 0.3 is 0 Å². The topological polar surface area (TPSA) is 51.8 Å². The van der Waals surface area contributed by atoms with Gasteiger partial charge in [0.1, 0.15) is 0 Å². The summed E-state index contributed by atoms with van der Waals surface area (Å²) in [5.41, 5.74) is 7.71. The maximum absolute atomic E-state index is 5.51. The highest BCUT2D eigenvalue weighted by Gasteiger charge is 2.08. The Labute approximate surface area is 93.0 Å². The minimum atomic E-state index is 0.652. The SMILES string of the molecule is Cc1nc(CCN)sc1-c1cccnc1. The molecule has 2 heterocycles. The van der Waals surface area contributed by atoms with Gasteiger partial charge in [-0.15, -0.1) is 11.3 Å². The summed E-state index contributed by atoms with van der Waals surface area (Å²) in [6, 6.07) is 4.00. The minimum absolute atomic E-state index is 0.652. The molecule has 2 aromatic rings. The molecule has 0 saturated heterocycles. The van der Waals surface area contributed by atoms with Crippen molar-refractivity contribution in [3.8, 4) is 10.4 Å². The number of aryl methyl sites for hydroxylation is 1. The number of nitrogens with zero attached hydrogens (tertiary/aromatic N) is 2. The largest absolute Gasteiger partial charge is 0.330 e. The Hall–Kier alpha value is -1.26. The van der Waals surface area contributed by atoms with E-state index in [0.29, 0.717) is 6.54 Å². The molecule has 2 rings (SSSR count). The van der Waals surface area contributed by atoms with Gasteiger partial charge in [-0.25, -0.2) is 4.98 Å². The highest BCUT2D eigenvalue weighted by molar-refractivity contribution is 7.15. The van der Waals surface area contributed by atoms with Gasteiger partial charge in [-0.3, -0.25) is 4.98 Å². The zero-order valence-corrected chi connectivity index (χ0v) is 9.42. The lowest BCUT2D eigenvalue weighted by Crippen LogP contribution is -2.01. The van der Waals surface area contributed by atoms with E-state index in [9.17, 15) is 0 Å². The molecule has 4 heteroatoms. The third kappa shape index (κ3) is 2.22. The Bertz CT molecular complexity index is 436. The molecule has 0 aliphatic heterocycles. The Kier molecular flexibility index (Phi) is 3.08. The van der Waals surface area contributed by atoms with Crippen molar-refractivity contribution in [1.29, 1.82) is 0 Å². The number of aromatic nitrogens is 2. The van der Waals surface area contributed by atoms with Crippen molar-refractivity contribution in [3.63, 3.8) is 0 Å². The van der Waals surface area contributed by atoms with Gasteiger partial charge in [0.15, 0.2) is 0 Å². The summed E-state index contributed by atoms with van der Waals surface area (Å²) in [6.07, 6.45) is 4.50. The third-order valence-electron chi connectivity index (χ3n) is 2.12. The molecule has 3 nitrogen and oxygen atoms in total. The zero-order chi connectivity index (χ0) is 10.7. The minimum Gasteiger partial charge on any atom is -0.330 e. The molecule has 0 fully saturated rings. The monoisotopic (exact) mass is 219 g/mol. The van der Waals surface area contributed by atoms with E-state index in [1.165, 1.54) is 4.88 Å². The number of pyridine rings is 1. The van der Waals surface area contributed by atoms with Gasteiger partial charge in [0.25, 0.3) is 0 Å². The van der Waals surface area contributed by atoms with Gasteiger partial charge in [-0.1, -0.05) is 6.07 Å². The van der Waals surface area contributed by atoms with Crippen LogP contribution in [0, 0.1) is 6.92 Å². The van der Waals surface area contributed by atoms with E-state index in [2.05, 4.69) is 16.0 Å². The number of hydrogen-bond acceptors (Lipinski definition) is 4. The molecular formula is C11H13N3S. The summed E-state index contributed by atoms with van der Waals surface area (Å²) < 4.78 is 0. The molecule has 0 aliphatic rings. The predicted molar refractivity (Wildman–Crippen MR) is 62.8 cm³/mol. The lowest BCUT2D eigenvalue weighted by Gasteiger charge is -1.95. The second-order valence-corrected chi connectivity index (χ2v) is 4.39. The first-order valence-electron chi connectivity index (χ1n) is 4.88. The van der Waals surface area contributed by atoms with Crippen LogP contribution in [0.2, 0.25) is 0 Å². The van der Waals surface area contributed by atoms with Crippen LogP contribution in [0.15, 0.2) is 24.5 Å². The fourth-order valence-electron chi connectivity index (χ4n) is 1.45. The van der Waals surface area contributed by atoms with Crippen LogP contribution in [0.3, 0.4) is 0 Å². The first kappa shape index (κ1) is 10.3. The van der Waals surface area contributed by atoms with E-state index in [0.717, 1.165) is 22.7 Å². The van der Waals surface area contributed by atoms with E-state index in [1.54, 1.807) is 17.5 Å². The molecule has 0 saturated carbocycles. The lowest BCUT2D eigenvalue weighted by molar-refractivity contribution is 0.945. The van der Waals surface area contributed by atoms with Crippen LogP contribution in [0.4, 0.5) is 0 Å². The quantitative estimate of drug-likeness (QED) is 0.859. The molecule has 0 radical (unpaired) electrons. The molecule has 2 aromatic heterocycles. The Morgan fingerprint density at radius 1 is 1.47 bits per heavy atom. The van der Waals surface area contributed by atoms with E-state index in [-0.39, 0.29) is 0 Å². The van der Waals surface area contributed by atoms with Crippen LogP contribution in [-0.4, -0.2) is 16.5 Å². The summed E-state index contributed by atoms with van der Waals surface area (Å²) in [5.74, 6) is 0. The molecule has 0 amide bonds. The first-order chi connectivity index (χ1) is 7.31. The van der Waals surface area contributed by atoms with E-state index in [1.807, 2.05) is 19.2 Å². The summed E-state index contributed by atoms with van der Waals surface area (Å²) in [5, 5.41) is 1.11. The molecule has 0 bridgehead atoms. The molecule has 78 valence electrons. The predicted octanol–water partition coefficient (Wildman–Crippen LogP) is 2.01. The van der Waals surface area contributed by atoms with Crippen molar-refractivity contribution in [1.82, 2.24) is 9.97 Å². The molecule has 0 spiro atoms. The van der Waals surface area contributed by atoms with Gasteiger partial charge in [0.2, 0.25) is 0 Å². The fourth-order valence-corrected chi connectivity index (χ4v) is 2.52. The molecule has 0 aliphatic carbocycles. The van der Waals surface area contributed by atoms with Crippen molar-refractivity contribution in [3.05, 3.63) is 35.2 Å². The van der Waals surface area contributed by atoms with Gasteiger partial charge in [-0.05, 0) is 19.5 Å². The van der Waals surface area contributed by atoms with Crippen molar-refractivity contribution in [2.75, 3.05) is 6.54 Å². The Morgan fingerprint density at radius 3 is 3.00 bits per heavy atom. The summed E-state index contributed by atoms with van der Waals surface area (Å²) in [4.78, 5) is 9.80. The maximum atomic E-state index is 5.51.